The molecular weight excluding hydrogens is 364 g/mol. The third kappa shape index (κ3) is 2.71. The quantitative estimate of drug-likeness (QED) is 0.360. The zero-order valence-corrected chi connectivity index (χ0v) is 17.1. The van der Waals surface area contributed by atoms with Crippen molar-refractivity contribution in [1.29, 1.82) is 5.26 Å². The molecule has 0 bridgehead atoms. The molecule has 30 heavy (non-hydrogen) atoms. The van der Waals surface area contributed by atoms with Crippen LogP contribution in [-0.4, -0.2) is 0 Å². The van der Waals surface area contributed by atoms with E-state index in [9.17, 15) is 0 Å². The normalized spacial score (nSPS) is 13.8. The van der Waals surface area contributed by atoms with Gasteiger partial charge in [0.2, 0.25) is 0 Å². The predicted molar refractivity (Wildman–Crippen MR) is 123 cm³/mol. The molecule has 1 aliphatic rings. The summed E-state index contributed by atoms with van der Waals surface area (Å²) in [7, 11) is 0. The van der Waals surface area contributed by atoms with Gasteiger partial charge in [0.25, 0.3) is 0 Å². The Bertz CT molecular complexity index is 1230. The van der Waals surface area contributed by atoms with Crippen LogP contribution in [0.25, 0.3) is 11.1 Å². The maximum Gasteiger partial charge on any atom is 0.0991 e. The molecule has 0 spiro atoms. The Hall–Kier alpha value is -3.83. The first-order valence-electron chi connectivity index (χ1n) is 10.2. The Morgan fingerprint density at radius 2 is 1.13 bits per heavy atom. The van der Waals surface area contributed by atoms with E-state index in [0.29, 0.717) is 5.56 Å². The first-order chi connectivity index (χ1) is 14.6. The van der Waals surface area contributed by atoms with Crippen LogP contribution in [0.2, 0.25) is 0 Å². The third-order valence-electron chi connectivity index (χ3n) is 6.11. The van der Waals surface area contributed by atoms with E-state index in [0.717, 1.165) is 16.8 Å². The molecule has 0 aliphatic carbocycles. The molecule has 0 amide bonds. The van der Waals surface area contributed by atoms with Crippen LogP contribution in [0.15, 0.2) is 97.1 Å². The van der Waals surface area contributed by atoms with Gasteiger partial charge in [-0.25, -0.2) is 0 Å². The lowest BCUT2D eigenvalue weighted by molar-refractivity contribution is 0.632. The Balaban J connectivity index is 1.78. The van der Waals surface area contributed by atoms with Crippen molar-refractivity contribution in [2.75, 3.05) is 4.90 Å². The van der Waals surface area contributed by atoms with Crippen molar-refractivity contribution >= 4 is 17.1 Å². The molecule has 0 saturated heterocycles. The highest BCUT2D eigenvalue weighted by atomic mass is 15.2. The molecule has 4 aromatic carbocycles. The van der Waals surface area contributed by atoms with Crippen molar-refractivity contribution in [2.45, 2.75) is 19.3 Å². The highest BCUT2D eigenvalue weighted by Crippen LogP contribution is 2.53. The maximum absolute atomic E-state index is 9.17. The first kappa shape index (κ1) is 18.2. The summed E-state index contributed by atoms with van der Waals surface area (Å²) < 4.78 is 0. The van der Waals surface area contributed by atoms with Crippen molar-refractivity contribution in [3.8, 4) is 17.2 Å². The van der Waals surface area contributed by atoms with Crippen LogP contribution in [0.3, 0.4) is 0 Å². The van der Waals surface area contributed by atoms with Gasteiger partial charge in [0.15, 0.2) is 0 Å². The van der Waals surface area contributed by atoms with E-state index in [1.165, 1.54) is 22.5 Å². The zero-order valence-electron chi connectivity index (χ0n) is 17.1. The molecule has 4 aromatic rings. The third-order valence-corrected chi connectivity index (χ3v) is 6.11. The van der Waals surface area contributed by atoms with Crippen LogP contribution >= 0.6 is 0 Å². The van der Waals surface area contributed by atoms with Gasteiger partial charge < -0.3 is 4.90 Å². The van der Waals surface area contributed by atoms with Crippen molar-refractivity contribution in [2.24, 2.45) is 0 Å². The molecule has 0 N–H and O–H groups in total. The number of nitriles is 1. The number of hydrogen-bond acceptors (Lipinski definition) is 2. The summed E-state index contributed by atoms with van der Waals surface area (Å²) >= 11 is 0. The van der Waals surface area contributed by atoms with Gasteiger partial charge in [-0.15, -0.1) is 0 Å². The lowest BCUT2D eigenvalue weighted by Crippen LogP contribution is -2.30. The Labute approximate surface area is 177 Å². The molecule has 2 heteroatoms. The SMILES string of the molecule is CC1(C)c2ccccc2N(c2ccccc2-c2ccc(C#N)cc2)c2ccccc21. The van der Waals surface area contributed by atoms with E-state index < -0.39 is 0 Å². The van der Waals surface area contributed by atoms with Crippen LogP contribution in [0.1, 0.15) is 30.5 Å². The van der Waals surface area contributed by atoms with Crippen LogP contribution in [0.5, 0.6) is 0 Å². The summed E-state index contributed by atoms with van der Waals surface area (Å²) in [6, 6.07) is 35.9. The average Bonchev–Trinajstić information content (AvgIpc) is 2.80. The van der Waals surface area contributed by atoms with Crippen LogP contribution in [0, 0.1) is 11.3 Å². The predicted octanol–water partition coefficient (Wildman–Crippen LogP) is 7.33. The van der Waals surface area contributed by atoms with Crippen molar-refractivity contribution in [3.63, 3.8) is 0 Å². The minimum absolute atomic E-state index is 0.0763. The van der Waals surface area contributed by atoms with Crippen LogP contribution in [-0.2, 0) is 5.41 Å². The number of nitrogens with zero attached hydrogens (tertiary/aromatic N) is 2. The van der Waals surface area contributed by atoms with Gasteiger partial charge in [0.1, 0.15) is 0 Å². The molecule has 0 fully saturated rings. The zero-order chi connectivity index (χ0) is 20.7. The van der Waals surface area contributed by atoms with E-state index in [-0.39, 0.29) is 5.41 Å². The van der Waals surface area contributed by atoms with Gasteiger partial charge in [-0.05, 0) is 47.0 Å². The summed E-state index contributed by atoms with van der Waals surface area (Å²) in [6.45, 7) is 4.60. The van der Waals surface area contributed by atoms with Crippen molar-refractivity contribution in [1.82, 2.24) is 0 Å². The average molecular weight is 386 g/mol. The number of anilines is 3. The Morgan fingerprint density at radius 1 is 0.633 bits per heavy atom. The van der Waals surface area contributed by atoms with E-state index >= 15 is 0 Å². The fraction of sp³-hybridized carbons (Fsp3) is 0.107. The summed E-state index contributed by atoms with van der Waals surface area (Å²) in [5.74, 6) is 0. The molecule has 5 rings (SSSR count). The second kappa shape index (κ2) is 6.90. The summed E-state index contributed by atoms with van der Waals surface area (Å²) in [4.78, 5) is 2.38. The number of benzene rings is 4. The topological polar surface area (TPSA) is 27.0 Å². The second-order valence-corrected chi connectivity index (χ2v) is 8.20. The largest absolute Gasteiger partial charge is 0.309 e. The molecule has 0 saturated carbocycles. The Morgan fingerprint density at radius 3 is 1.70 bits per heavy atom. The van der Waals surface area contributed by atoms with Gasteiger partial charge in [-0.1, -0.05) is 80.6 Å². The molecule has 0 aromatic heterocycles. The number of para-hydroxylation sites is 3. The van der Waals surface area contributed by atoms with Gasteiger partial charge in [-0.2, -0.15) is 5.26 Å². The molecule has 1 heterocycles. The summed E-state index contributed by atoms with van der Waals surface area (Å²) in [5.41, 5.74) is 9.04. The molecule has 0 unspecified atom stereocenters. The summed E-state index contributed by atoms with van der Waals surface area (Å²) in [6.07, 6.45) is 0. The Kier molecular flexibility index (Phi) is 4.19. The number of rotatable bonds is 2. The minimum atomic E-state index is -0.0763. The van der Waals surface area contributed by atoms with E-state index in [4.69, 9.17) is 5.26 Å². The summed E-state index contributed by atoms with van der Waals surface area (Å²) in [5, 5.41) is 9.17. The standard InChI is InChI=1S/C28H22N2/c1-28(2)23-10-4-7-13-26(23)30(27-14-8-5-11-24(27)28)25-12-6-3-9-22(25)21-17-15-20(19-29)16-18-21/h3-18H,1-2H3. The lowest BCUT2D eigenvalue weighted by Gasteiger charge is -2.42. The fourth-order valence-electron chi connectivity index (χ4n) is 4.57. The number of hydrogen-bond donors (Lipinski definition) is 0. The monoisotopic (exact) mass is 386 g/mol. The first-order valence-corrected chi connectivity index (χ1v) is 10.2. The second-order valence-electron chi connectivity index (χ2n) is 8.20. The highest BCUT2D eigenvalue weighted by molar-refractivity contribution is 5.92. The van der Waals surface area contributed by atoms with Crippen molar-refractivity contribution < 1.29 is 0 Å². The molecule has 0 atom stereocenters. The molecule has 2 nitrogen and oxygen atoms in total. The lowest BCUT2D eigenvalue weighted by atomic mass is 9.73. The van der Waals surface area contributed by atoms with Gasteiger partial charge in [0, 0.05) is 11.0 Å². The van der Waals surface area contributed by atoms with E-state index in [1.54, 1.807) is 0 Å². The smallest absolute Gasteiger partial charge is 0.0991 e. The fourth-order valence-corrected chi connectivity index (χ4v) is 4.57. The van der Waals surface area contributed by atoms with Gasteiger partial charge >= 0.3 is 0 Å². The molecule has 1 aliphatic heterocycles. The van der Waals surface area contributed by atoms with Crippen LogP contribution < -0.4 is 4.90 Å². The number of fused-ring (bicyclic) bond motifs is 2. The van der Waals surface area contributed by atoms with Gasteiger partial charge in [-0.3, -0.25) is 0 Å². The van der Waals surface area contributed by atoms with Crippen LogP contribution in [0.4, 0.5) is 17.1 Å². The minimum Gasteiger partial charge on any atom is -0.309 e. The van der Waals surface area contributed by atoms with Crippen molar-refractivity contribution in [3.05, 3.63) is 114 Å². The van der Waals surface area contributed by atoms with E-state index in [2.05, 4.69) is 97.6 Å². The molecule has 144 valence electrons. The van der Waals surface area contributed by atoms with E-state index in [1.807, 2.05) is 24.3 Å². The maximum atomic E-state index is 9.17. The van der Waals surface area contributed by atoms with Gasteiger partial charge in [0.05, 0.1) is 28.7 Å². The highest BCUT2D eigenvalue weighted by Gasteiger charge is 2.36. The molecule has 0 radical (unpaired) electrons. The molecular formula is C28H22N2.